The molecular weight excluding hydrogens is 398 g/mol. The summed E-state index contributed by atoms with van der Waals surface area (Å²) in [4.78, 5) is 22.4. The highest BCUT2D eigenvalue weighted by atomic mass is 16.5. The summed E-state index contributed by atoms with van der Waals surface area (Å²) in [7, 11) is 1.83. The molecule has 10 nitrogen and oxygen atoms in total. The predicted octanol–water partition coefficient (Wildman–Crippen LogP) is 2.03. The zero-order chi connectivity index (χ0) is 21.7. The van der Waals surface area contributed by atoms with Crippen molar-refractivity contribution >= 4 is 28.6 Å². The van der Waals surface area contributed by atoms with E-state index in [0.29, 0.717) is 43.1 Å². The molecule has 31 heavy (non-hydrogen) atoms. The number of hydrogen-bond donors (Lipinski definition) is 1. The molecule has 2 aliphatic rings. The van der Waals surface area contributed by atoms with E-state index in [9.17, 15) is 4.79 Å². The average Bonchev–Trinajstić information content (AvgIpc) is 3.34. The highest BCUT2D eigenvalue weighted by Crippen LogP contribution is 2.32. The minimum atomic E-state index is -0.0634. The largest absolute Gasteiger partial charge is 0.468 e. The fraction of sp³-hybridized carbons (Fsp3) is 0.524. The Morgan fingerprint density at radius 1 is 1.32 bits per heavy atom. The molecule has 3 aromatic rings. The van der Waals surface area contributed by atoms with E-state index >= 15 is 0 Å². The predicted molar refractivity (Wildman–Crippen MR) is 114 cm³/mol. The third kappa shape index (κ3) is 3.60. The van der Waals surface area contributed by atoms with Crippen LogP contribution in [0.2, 0.25) is 0 Å². The Bertz CT molecular complexity index is 1130. The van der Waals surface area contributed by atoms with Crippen molar-refractivity contribution in [2.75, 3.05) is 31.6 Å². The minimum Gasteiger partial charge on any atom is -0.468 e. The van der Waals surface area contributed by atoms with E-state index in [0.717, 1.165) is 23.3 Å². The molecular formula is C21H27N7O3. The third-order valence-electron chi connectivity index (χ3n) is 6.04. The van der Waals surface area contributed by atoms with Crippen LogP contribution >= 0.6 is 0 Å². The van der Waals surface area contributed by atoms with Gasteiger partial charge in [-0.2, -0.15) is 4.98 Å². The molecule has 0 aliphatic carbocycles. The summed E-state index contributed by atoms with van der Waals surface area (Å²) in [5.74, 6) is 1.44. The van der Waals surface area contributed by atoms with E-state index in [4.69, 9.17) is 14.5 Å². The van der Waals surface area contributed by atoms with Crippen molar-refractivity contribution in [1.82, 2.24) is 29.2 Å². The van der Waals surface area contributed by atoms with Gasteiger partial charge in [0, 0.05) is 37.2 Å². The number of fused-ring (bicyclic) bond motifs is 1. The van der Waals surface area contributed by atoms with Gasteiger partial charge in [0.05, 0.1) is 38.5 Å². The molecule has 1 amide bonds. The molecule has 2 aliphatic heterocycles. The van der Waals surface area contributed by atoms with Crippen molar-refractivity contribution in [2.24, 2.45) is 13.0 Å². The van der Waals surface area contributed by atoms with Crippen molar-refractivity contribution in [3.63, 3.8) is 0 Å². The van der Waals surface area contributed by atoms with E-state index in [1.165, 1.54) is 0 Å². The van der Waals surface area contributed by atoms with Crippen LogP contribution in [0.4, 0.5) is 11.6 Å². The molecule has 3 aromatic heterocycles. The number of likely N-dealkylation sites (tertiary alicyclic amines) is 1. The first-order valence-corrected chi connectivity index (χ1v) is 10.5. The normalized spacial score (nSPS) is 21.5. The van der Waals surface area contributed by atoms with Gasteiger partial charge in [-0.3, -0.25) is 9.48 Å². The van der Waals surface area contributed by atoms with E-state index in [-0.39, 0.29) is 18.1 Å². The Kier molecular flexibility index (Phi) is 4.81. The van der Waals surface area contributed by atoms with Crippen LogP contribution in [0.5, 0.6) is 5.88 Å². The van der Waals surface area contributed by atoms with Gasteiger partial charge < -0.3 is 24.3 Å². The fourth-order valence-electron chi connectivity index (χ4n) is 4.29. The molecule has 0 unspecified atom stereocenters. The maximum absolute atomic E-state index is 11.4. The second-order valence-corrected chi connectivity index (χ2v) is 8.52. The number of hydrogen-bond acceptors (Lipinski definition) is 7. The highest BCUT2D eigenvalue weighted by molar-refractivity contribution is 5.78. The van der Waals surface area contributed by atoms with Crippen LogP contribution in [0.1, 0.15) is 25.6 Å². The standard InChI is InChI=1S/C21H27N7O3/c1-12-10-30-11-18(12)28-13(2)5-15-6-22-21(24-19(15)28)23-17-9-26(4)25-20(17)31-16-7-27(8-16)14(3)29/h5-6,9,12,16,18H,7-8,10-11H2,1-4H3,(H,22,23,24)/t12-,18-/m0/s1. The zero-order valence-electron chi connectivity index (χ0n) is 18.2. The molecule has 0 radical (unpaired) electrons. The lowest BCUT2D eigenvalue weighted by Crippen LogP contribution is -2.55. The molecule has 5 heterocycles. The summed E-state index contributed by atoms with van der Waals surface area (Å²) in [6.45, 7) is 8.46. The number of ether oxygens (including phenoxy) is 2. The number of nitrogens with one attached hydrogen (secondary N) is 1. The van der Waals surface area contributed by atoms with Crippen molar-refractivity contribution in [3.05, 3.63) is 24.2 Å². The summed E-state index contributed by atoms with van der Waals surface area (Å²) in [5, 5.41) is 8.67. The van der Waals surface area contributed by atoms with E-state index in [1.54, 1.807) is 16.5 Å². The number of aromatic nitrogens is 5. The fourth-order valence-corrected chi connectivity index (χ4v) is 4.29. The monoisotopic (exact) mass is 425 g/mol. The highest BCUT2D eigenvalue weighted by Gasteiger charge is 2.32. The second-order valence-electron chi connectivity index (χ2n) is 8.52. The van der Waals surface area contributed by atoms with Gasteiger partial charge in [0.25, 0.3) is 5.88 Å². The van der Waals surface area contributed by atoms with Crippen molar-refractivity contribution in [1.29, 1.82) is 0 Å². The molecule has 164 valence electrons. The van der Waals surface area contributed by atoms with Crippen LogP contribution in [0.3, 0.4) is 0 Å². The van der Waals surface area contributed by atoms with Crippen molar-refractivity contribution in [2.45, 2.75) is 32.9 Å². The van der Waals surface area contributed by atoms with Crippen molar-refractivity contribution in [3.8, 4) is 5.88 Å². The minimum absolute atomic E-state index is 0.0567. The zero-order valence-corrected chi connectivity index (χ0v) is 18.2. The van der Waals surface area contributed by atoms with Crippen LogP contribution in [-0.4, -0.2) is 67.5 Å². The van der Waals surface area contributed by atoms with Gasteiger partial charge in [0.1, 0.15) is 17.4 Å². The first-order valence-electron chi connectivity index (χ1n) is 10.5. The van der Waals surface area contributed by atoms with Gasteiger partial charge in [0.15, 0.2) is 0 Å². The van der Waals surface area contributed by atoms with Crippen LogP contribution in [0.15, 0.2) is 18.5 Å². The number of carbonyl (C=O) groups is 1. The Morgan fingerprint density at radius 3 is 2.84 bits per heavy atom. The Morgan fingerprint density at radius 2 is 2.13 bits per heavy atom. The lowest BCUT2D eigenvalue weighted by atomic mass is 10.1. The molecule has 2 saturated heterocycles. The number of anilines is 2. The van der Waals surface area contributed by atoms with Crippen molar-refractivity contribution < 1.29 is 14.3 Å². The van der Waals surface area contributed by atoms with E-state index < -0.39 is 0 Å². The Balaban J connectivity index is 1.39. The molecule has 5 rings (SSSR count). The summed E-state index contributed by atoms with van der Waals surface area (Å²) in [6, 6.07) is 2.38. The SMILES string of the molecule is CC(=O)N1CC(Oc2nn(C)cc2Nc2ncc3cc(C)n([C@H]4COC[C@@H]4C)c3n2)C1. The quantitative estimate of drug-likeness (QED) is 0.668. The summed E-state index contributed by atoms with van der Waals surface area (Å²) >= 11 is 0. The van der Waals surface area contributed by atoms with Gasteiger partial charge in [-0.1, -0.05) is 6.92 Å². The van der Waals surface area contributed by atoms with Gasteiger partial charge >= 0.3 is 0 Å². The second kappa shape index (κ2) is 7.52. The lowest BCUT2D eigenvalue weighted by molar-refractivity contribution is -0.137. The molecule has 0 saturated carbocycles. The van der Waals surface area contributed by atoms with Gasteiger partial charge in [-0.05, 0) is 13.0 Å². The molecule has 1 N–H and O–H groups in total. The molecule has 2 atom stereocenters. The number of amides is 1. The average molecular weight is 425 g/mol. The molecule has 0 aromatic carbocycles. The van der Waals surface area contributed by atoms with Crippen LogP contribution in [-0.2, 0) is 16.6 Å². The number of rotatable bonds is 5. The summed E-state index contributed by atoms with van der Waals surface area (Å²) in [6.07, 6.45) is 3.61. The molecule has 10 heteroatoms. The third-order valence-corrected chi connectivity index (χ3v) is 6.04. The molecule has 2 fully saturated rings. The molecule has 0 bridgehead atoms. The Labute approximate surface area is 180 Å². The van der Waals surface area contributed by atoms with Gasteiger partial charge in [-0.15, -0.1) is 5.10 Å². The molecule has 0 spiro atoms. The first kappa shape index (κ1) is 19.8. The Hall–Kier alpha value is -3.14. The van der Waals surface area contributed by atoms with Gasteiger partial charge in [-0.25, -0.2) is 4.98 Å². The maximum Gasteiger partial charge on any atom is 0.257 e. The van der Waals surface area contributed by atoms with Gasteiger partial charge in [0.2, 0.25) is 11.9 Å². The van der Waals surface area contributed by atoms with Crippen LogP contribution in [0.25, 0.3) is 11.0 Å². The first-order chi connectivity index (χ1) is 14.9. The summed E-state index contributed by atoms with van der Waals surface area (Å²) < 4.78 is 15.6. The van der Waals surface area contributed by atoms with Crippen LogP contribution < -0.4 is 10.1 Å². The topological polar surface area (TPSA) is 99.3 Å². The summed E-state index contributed by atoms with van der Waals surface area (Å²) in [5.41, 5.74) is 2.73. The van der Waals surface area contributed by atoms with Crippen LogP contribution in [0, 0.1) is 12.8 Å². The van der Waals surface area contributed by atoms with E-state index in [2.05, 4.69) is 39.9 Å². The maximum atomic E-state index is 11.4. The smallest absolute Gasteiger partial charge is 0.257 e. The number of nitrogens with zero attached hydrogens (tertiary/aromatic N) is 6. The lowest BCUT2D eigenvalue weighted by Gasteiger charge is -2.37. The van der Waals surface area contributed by atoms with E-state index in [1.807, 2.05) is 19.4 Å². The number of carbonyl (C=O) groups excluding carboxylic acids is 1. The number of aryl methyl sites for hydroxylation is 2.